The number of unbranched alkanes of at least 4 members (excludes halogenated alkanes) is 22. The molecule has 0 bridgehead atoms. The van der Waals surface area contributed by atoms with Crippen LogP contribution in [0.2, 0.25) is 0 Å². The van der Waals surface area contributed by atoms with E-state index in [0.717, 1.165) is 63.7 Å². The lowest BCUT2D eigenvalue weighted by molar-refractivity contribution is -0.167. The first-order valence-corrected chi connectivity index (χ1v) is 20.4. The predicted octanol–water partition coefficient (Wildman–Crippen LogP) is 12.4. The van der Waals surface area contributed by atoms with E-state index in [2.05, 4.69) is 27.7 Å². The van der Waals surface area contributed by atoms with Gasteiger partial charge in [-0.15, -0.1) is 0 Å². The number of hydrogen-bond acceptors (Lipinski definition) is 6. The van der Waals surface area contributed by atoms with Gasteiger partial charge in [0.2, 0.25) is 0 Å². The van der Waals surface area contributed by atoms with Crippen LogP contribution in [-0.2, 0) is 28.6 Å². The van der Waals surface area contributed by atoms with E-state index in [1.807, 2.05) is 0 Å². The third-order valence-electron chi connectivity index (χ3n) is 9.40. The molecule has 0 aliphatic rings. The molecule has 0 N–H and O–H groups in total. The molecule has 0 radical (unpaired) electrons. The minimum atomic E-state index is -0.757. The van der Waals surface area contributed by atoms with Gasteiger partial charge in [0.25, 0.3) is 0 Å². The average molecular weight is 667 g/mol. The van der Waals surface area contributed by atoms with Crippen LogP contribution in [0.4, 0.5) is 0 Å². The Hall–Kier alpha value is -1.59. The van der Waals surface area contributed by atoms with Gasteiger partial charge in [-0.25, -0.2) is 0 Å². The summed E-state index contributed by atoms with van der Waals surface area (Å²) in [7, 11) is 0. The summed E-state index contributed by atoms with van der Waals surface area (Å²) in [6.07, 6.45) is 32.3. The smallest absolute Gasteiger partial charge is 0.306 e. The van der Waals surface area contributed by atoms with Crippen LogP contribution in [-0.4, -0.2) is 37.2 Å². The second-order valence-electron chi connectivity index (χ2n) is 14.2. The zero-order chi connectivity index (χ0) is 34.6. The van der Waals surface area contributed by atoms with Crippen molar-refractivity contribution in [3.8, 4) is 0 Å². The van der Waals surface area contributed by atoms with Gasteiger partial charge in [0.1, 0.15) is 13.2 Å². The highest BCUT2D eigenvalue weighted by Crippen LogP contribution is 2.16. The maximum absolute atomic E-state index is 12.6. The molecule has 278 valence electrons. The number of carbonyl (C=O) groups is 3. The third-order valence-corrected chi connectivity index (χ3v) is 9.40. The van der Waals surface area contributed by atoms with E-state index in [4.69, 9.17) is 14.2 Å². The highest BCUT2D eigenvalue weighted by atomic mass is 16.6. The highest BCUT2D eigenvalue weighted by molar-refractivity contribution is 5.71. The van der Waals surface area contributed by atoms with Crippen LogP contribution in [0.3, 0.4) is 0 Å². The van der Waals surface area contributed by atoms with Crippen LogP contribution in [0.15, 0.2) is 0 Å². The fourth-order valence-corrected chi connectivity index (χ4v) is 5.89. The maximum atomic E-state index is 12.6. The Balaban J connectivity index is 4.33. The first kappa shape index (κ1) is 45.4. The summed E-state index contributed by atoms with van der Waals surface area (Å²) in [4.78, 5) is 37.4. The fourth-order valence-electron chi connectivity index (χ4n) is 5.89. The Morgan fingerprint density at radius 1 is 0.426 bits per heavy atom. The minimum absolute atomic E-state index is 0.0654. The summed E-state index contributed by atoms with van der Waals surface area (Å²) < 4.78 is 16.6. The highest BCUT2D eigenvalue weighted by Gasteiger charge is 2.19. The molecule has 0 rings (SSSR count). The summed E-state index contributed by atoms with van der Waals surface area (Å²) in [6.45, 7) is 8.92. The number of carbonyl (C=O) groups excluding carboxylic acids is 3. The summed E-state index contributed by atoms with van der Waals surface area (Å²) in [5.74, 6) is -0.0253. The molecule has 0 aliphatic heterocycles. The molecule has 47 heavy (non-hydrogen) atoms. The molecular formula is C41H78O6. The monoisotopic (exact) mass is 667 g/mol. The molecule has 6 heteroatoms. The molecule has 0 aromatic rings. The van der Waals surface area contributed by atoms with Gasteiger partial charge in [-0.3, -0.25) is 14.4 Å². The molecule has 6 nitrogen and oxygen atoms in total. The van der Waals surface area contributed by atoms with Crippen molar-refractivity contribution in [3.63, 3.8) is 0 Å². The minimum Gasteiger partial charge on any atom is -0.462 e. The Labute approximate surface area is 291 Å². The van der Waals surface area contributed by atoms with Crippen molar-refractivity contribution in [2.75, 3.05) is 13.2 Å². The largest absolute Gasteiger partial charge is 0.462 e. The molecule has 0 aromatic heterocycles. The number of ether oxygens (including phenoxy) is 3. The Kier molecular flexibility index (Phi) is 34.5. The van der Waals surface area contributed by atoms with Gasteiger partial charge >= 0.3 is 17.9 Å². The van der Waals surface area contributed by atoms with Crippen molar-refractivity contribution in [1.29, 1.82) is 0 Å². The second-order valence-corrected chi connectivity index (χ2v) is 14.2. The zero-order valence-electron chi connectivity index (χ0n) is 31.7. The van der Waals surface area contributed by atoms with Crippen molar-refractivity contribution in [2.45, 2.75) is 226 Å². The van der Waals surface area contributed by atoms with E-state index < -0.39 is 6.10 Å². The van der Waals surface area contributed by atoms with Crippen LogP contribution in [0.5, 0.6) is 0 Å². The molecular weight excluding hydrogens is 588 g/mol. The van der Waals surface area contributed by atoms with E-state index in [9.17, 15) is 14.4 Å². The number of rotatable bonds is 36. The SMILES string of the molecule is CCCCCCCCCCCCC(=O)OC[C@@H](COC(=O)CCCCCCCCC)OC(=O)CCCCCCCCCCC(C)CC. The maximum Gasteiger partial charge on any atom is 0.306 e. The topological polar surface area (TPSA) is 78.9 Å². The van der Waals surface area contributed by atoms with E-state index in [1.165, 1.54) is 116 Å². The zero-order valence-corrected chi connectivity index (χ0v) is 31.7. The average Bonchev–Trinajstić information content (AvgIpc) is 3.07. The molecule has 0 aromatic carbocycles. The van der Waals surface area contributed by atoms with Gasteiger partial charge in [-0.05, 0) is 25.2 Å². The lowest BCUT2D eigenvalue weighted by Crippen LogP contribution is -2.30. The van der Waals surface area contributed by atoms with Crippen molar-refractivity contribution in [2.24, 2.45) is 5.92 Å². The lowest BCUT2D eigenvalue weighted by Gasteiger charge is -2.18. The molecule has 0 fully saturated rings. The van der Waals surface area contributed by atoms with Crippen molar-refractivity contribution in [1.82, 2.24) is 0 Å². The molecule has 0 heterocycles. The third kappa shape index (κ3) is 34.1. The molecule has 0 amide bonds. The molecule has 0 spiro atoms. The fraction of sp³-hybridized carbons (Fsp3) is 0.927. The van der Waals surface area contributed by atoms with Crippen molar-refractivity contribution < 1.29 is 28.6 Å². The van der Waals surface area contributed by atoms with Gasteiger partial charge in [0.05, 0.1) is 0 Å². The van der Waals surface area contributed by atoms with Crippen LogP contribution in [0, 0.1) is 5.92 Å². The van der Waals surface area contributed by atoms with Crippen molar-refractivity contribution in [3.05, 3.63) is 0 Å². The van der Waals surface area contributed by atoms with Gasteiger partial charge < -0.3 is 14.2 Å². The quantitative estimate of drug-likeness (QED) is 0.0376. The summed E-state index contributed by atoms with van der Waals surface area (Å²) in [5.41, 5.74) is 0. The molecule has 0 saturated carbocycles. The van der Waals surface area contributed by atoms with E-state index >= 15 is 0 Å². The summed E-state index contributed by atoms with van der Waals surface area (Å²) in [5, 5.41) is 0. The number of hydrogen-bond donors (Lipinski definition) is 0. The van der Waals surface area contributed by atoms with E-state index in [0.29, 0.717) is 19.3 Å². The summed E-state index contributed by atoms with van der Waals surface area (Å²) >= 11 is 0. The molecule has 0 saturated heterocycles. The first-order chi connectivity index (χ1) is 22.9. The summed E-state index contributed by atoms with van der Waals surface area (Å²) in [6, 6.07) is 0. The molecule has 0 aliphatic carbocycles. The predicted molar refractivity (Wildman–Crippen MR) is 196 cm³/mol. The standard InChI is InChI=1S/C41H78O6/c1-5-8-10-12-14-15-16-21-25-29-33-40(43)46-36-38(35-45-39(42)32-28-24-19-13-11-9-6-2)47-41(44)34-30-26-22-18-17-20-23-27-31-37(4)7-3/h37-38H,5-36H2,1-4H3/t37?,38-/m1/s1. The van der Waals surface area contributed by atoms with Crippen LogP contribution >= 0.6 is 0 Å². The Morgan fingerprint density at radius 3 is 1.11 bits per heavy atom. The van der Waals surface area contributed by atoms with Gasteiger partial charge in [-0.1, -0.05) is 182 Å². The lowest BCUT2D eigenvalue weighted by atomic mass is 9.99. The van der Waals surface area contributed by atoms with E-state index in [1.54, 1.807) is 0 Å². The van der Waals surface area contributed by atoms with Crippen LogP contribution in [0.25, 0.3) is 0 Å². The van der Waals surface area contributed by atoms with Crippen LogP contribution in [0.1, 0.15) is 220 Å². The van der Waals surface area contributed by atoms with Crippen LogP contribution < -0.4 is 0 Å². The van der Waals surface area contributed by atoms with Gasteiger partial charge in [0, 0.05) is 19.3 Å². The molecule has 2 atom stereocenters. The first-order valence-electron chi connectivity index (χ1n) is 20.4. The van der Waals surface area contributed by atoms with Gasteiger partial charge in [0.15, 0.2) is 6.10 Å². The van der Waals surface area contributed by atoms with E-state index in [-0.39, 0.29) is 31.1 Å². The normalized spacial score (nSPS) is 12.5. The Bertz CT molecular complexity index is 708. The van der Waals surface area contributed by atoms with Gasteiger partial charge in [-0.2, -0.15) is 0 Å². The van der Waals surface area contributed by atoms with Crippen molar-refractivity contribution >= 4 is 17.9 Å². The molecule has 1 unspecified atom stereocenters. The number of esters is 3. The second kappa shape index (κ2) is 35.7. The Morgan fingerprint density at radius 2 is 0.745 bits per heavy atom.